The van der Waals surface area contributed by atoms with Gasteiger partial charge in [-0.2, -0.15) is 0 Å². The van der Waals surface area contributed by atoms with Gasteiger partial charge in [0.1, 0.15) is 5.82 Å². The molecule has 0 saturated heterocycles. The SMILES string of the molecule is C#CC(C)Nc1ncccc1C(N)=O. The summed E-state index contributed by atoms with van der Waals surface area (Å²) in [5, 5.41) is 2.89. The molecule has 4 heteroatoms. The van der Waals surface area contributed by atoms with Crippen molar-refractivity contribution < 1.29 is 4.79 Å². The standard InChI is InChI=1S/C10H11N3O/c1-3-7(2)13-10-8(9(11)14)5-4-6-12-10/h1,4-7H,2H3,(H2,11,14)(H,12,13). The van der Waals surface area contributed by atoms with E-state index in [2.05, 4.69) is 16.2 Å². The molecule has 0 spiro atoms. The molecule has 1 rings (SSSR count). The maximum Gasteiger partial charge on any atom is 0.252 e. The molecule has 0 bridgehead atoms. The van der Waals surface area contributed by atoms with Gasteiger partial charge in [0.25, 0.3) is 5.91 Å². The van der Waals surface area contributed by atoms with Gasteiger partial charge >= 0.3 is 0 Å². The number of aromatic nitrogens is 1. The molecule has 1 aromatic heterocycles. The van der Waals surface area contributed by atoms with Crippen molar-refractivity contribution in [3.63, 3.8) is 0 Å². The fraction of sp³-hybridized carbons (Fsp3) is 0.200. The number of carbonyl (C=O) groups is 1. The maximum absolute atomic E-state index is 11.0. The summed E-state index contributed by atoms with van der Waals surface area (Å²) in [4.78, 5) is 15.0. The number of hydrogen-bond donors (Lipinski definition) is 2. The first-order valence-electron chi connectivity index (χ1n) is 4.12. The first-order valence-corrected chi connectivity index (χ1v) is 4.12. The van der Waals surface area contributed by atoms with Gasteiger partial charge in [-0.3, -0.25) is 4.79 Å². The summed E-state index contributed by atoms with van der Waals surface area (Å²) in [5.74, 6) is 2.37. The monoisotopic (exact) mass is 189 g/mol. The third-order valence-electron chi connectivity index (χ3n) is 1.68. The average Bonchev–Trinajstić information content (AvgIpc) is 2.18. The molecule has 0 aliphatic heterocycles. The second-order valence-electron chi connectivity index (χ2n) is 2.80. The Labute approximate surface area is 82.5 Å². The van der Waals surface area contributed by atoms with Gasteiger partial charge in [0.2, 0.25) is 0 Å². The fourth-order valence-electron chi connectivity index (χ4n) is 0.966. The molecular formula is C10H11N3O. The van der Waals surface area contributed by atoms with Gasteiger partial charge in [0.15, 0.2) is 0 Å². The van der Waals surface area contributed by atoms with Gasteiger partial charge in [-0.15, -0.1) is 6.42 Å². The van der Waals surface area contributed by atoms with E-state index >= 15 is 0 Å². The van der Waals surface area contributed by atoms with Crippen LogP contribution in [0.15, 0.2) is 18.3 Å². The molecule has 1 unspecified atom stereocenters. The number of nitrogens with two attached hydrogens (primary N) is 1. The Balaban J connectivity index is 2.97. The van der Waals surface area contributed by atoms with E-state index < -0.39 is 5.91 Å². The summed E-state index contributed by atoms with van der Waals surface area (Å²) in [6, 6.07) is 3.05. The summed E-state index contributed by atoms with van der Waals surface area (Å²) < 4.78 is 0. The van der Waals surface area contributed by atoms with Gasteiger partial charge in [0, 0.05) is 6.20 Å². The van der Waals surface area contributed by atoms with E-state index in [0.29, 0.717) is 11.4 Å². The minimum absolute atomic E-state index is 0.192. The number of hydrogen-bond acceptors (Lipinski definition) is 3. The lowest BCUT2D eigenvalue weighted by atomic mass is 10.2. The number of carbonyl (C=O) groups excluding carboxylic acids is 1. The van der Waals surface area contributed by atoms with Gasteiger partial charge in [-0.05, 0) is 19.1 Å². The van der Waals surface area contributed by atoms with E-state index in [1.54, 1.807) is 25.3 Å². The predicted molar refractivity (Wildman–Crippen MR) is 54.7 cm³/mol. The molecular weight excluding hydrogens is 178 g/mol. The molecule has 0 saturated carbocycles. The van der Waals surface area contributed by atoms with Gasteiger partial charge in [0.05, 0.1) is 11.6 Å². The van der Waals surface area contributed by atoms with Crippen molar-refractivity contribution in [3.8, 4) is 12.3 Å². The molecule has 0 aliphatic rings. The molecule has 0 aromatic carbocycles. The first-order chi connectivity index (χ1) is 6.65. The van der Waals surface area contributed by atoms with Crippen molar-refractivity contribution in [3.05, 3.63) is 23.9 Å². The highest BCUT2D eigenvalue weighted by molar-refractivity contribution is 5.97. The third kappa shape index (κ3) is 2.23. The van der Waals surface area contributed by atoms with Crippen LogP contribution in [-0.4, -0.2) is 16.9 Å². The van der Waals surface area contributed by atoms with Crippen LogP contribution in [0.4, 0.5) is 5.82 Å². The number of anilines is 1. The van der Waals surface area contributed by atoms with Crippen molar-refractivity contribution in [1.29, 1.82) is 0 Å². The highest BCUT2D eigenvalue weighted by Gasteiger charge is 2.09. The zero-order valence-corrected chi connectivity index (χ0v) is 7.82. The number of primary amides is 1. The Morgan fingerprint density at radius 3 is 3.07 bits per heavy atom. The van der Waals surface area contributed by atoms with Gasteiger partial charge in [-0.25, -0.2) is 4.98 Å². The molecule has 0 aliphatic carbocycles. The molecule has 72 valence electrons. The minimum atomic E-state index is -0.523. The highest BCUT2D eigenvalue weighted by Crippen LogP contribution is 2.11. The van der Waals surface area contributed by atoms with Crippen LogP contribution in [0.25, 0.3) is 0 Å². The lowest BCUT2D eigenvalue weighted by Gasteiger charge is -2.10. The van der Waals surface area contributed by atoms with Crippen LogP contribution in [-0.2, 0) is 0 Å². The fourth-order valence-corrected chi connectivity index (χ4v) is 0.966. The average molecular weight is 189 g/mol. The number of pyridine rings is 1. The Morgan fingerprint density at radius 2 is 2.50 bits per heavy atom. The Kier molecular flexibility index (Phi) is 3.08. The highest BCUT2D eigenvalue weighted by atomic mass is 16.1. The van der Waals surface area contributed by atoms with E-state index in [4.69, 9.17) is 12.2 Å². The van der Waals surface area contributed by atoms with Crippen molar-refractivity contribution in [2.75, 3.05) is 5.32 Å². The molecule has 14 heavy (non-hydrogen) atoms. The van der Waals surface area contributed by atoms with E-state index in [9.17, 15) is 4.79 Å². The number of nitrogens with one attached hydrogen (secondary N) is 1. The Bertz CT molecular complexity index is 381. The Morgan fingerprint density at radius 1 is 1.79 bits per heavy atom. The number of terminal acetylenes is 1. The van der Waals surface area contributed by atoms with Crippen LogP contribution in [0, 0.1) is 12.3 Å². The summed E-state index contributed by atoms with van der Waals surface area (Å²) in [6.07, 6.45) is 6.76. The van der Waals surface area contributed by atoms with Crippen LogP contribution < -0.4 is 11.1 Å². The molecule has 1 aromatic rings. The van der Waals surface area contributed by atoms with Crippen LogP contribution in [0.2, 0.25) is 0 Å². The summed E-state index contributed by atoms with van der Waals surface area (Å²) in [6.45, 7) is 1.79. The van der Waals surface area contributed by atoms with E-state index in [1.807, 2.05) is 0 Å². The maximum atomic E-state index is 11.0. The number of amides is 1. The lowest BCUT2D eigenvalue weighted by molar-refractivity contribution is 0.100. The molecule has 1 amide bonds. The largest absolute Gasteiger partial charge is 0.365 e. The zero-order valence-electron chi connectivity index (χ0n) is 7.82. The molecule has 1 heterocycles. The zero-order chi connectivity index (χ0) is 10.6. The minimum Gasteiger partial charge on any atom is -0.365 e. The van der Waals surface area contributed by atoms with Gasteiger partial charge in [-0.1, -0.05) is 5.92 Å². The first kappa shape index (κ1) is 10.1. The third-order valence-corrected chi connectivity index (χ3v) is 1.68. The van der Waals surface area contributed by atoms with Crippen molar-refractivity contribution in [2.24, 2.45) is 5.73 Å². The number of rotatable bonds is 3. The smallest absolute Gasteiger partial charge is 0.252 e. The summed E-state index contributed by atoms with van der Waals surface area (Å²) in [7, 11) is 0. The second-order valence-corrected chi connectivity index (χ2v) is 2.80. The summed E-state index contributed by atoms with van der Waals surface area (Å²) >= 11 is 0. The van der Waals surface area contributed by atoms with E-state index in [-0.39, 0.29) is 6.04 Å². The molecule has 0 radical (unpaired) electrons. The van der Waals surface area contributed by atoms with Crippen LogP contribution in [0.1, 0.15) is 17.3 Å². The van der Waals surface area contributed by atoms with E-state index in [1.165, 1.54) is 0 Å². The summed E-state index contributed by atoms with van der Waals surface area (Å²) in [5.41, 5.74) is 5.50. The lowest BCUT2D eigenvalue weighted by Crippen LogP contribution is -2.19. The van der Waals surface area contributed by atoms with Crippen LogP contribution in [0.5, 0.6) is 0 Å². The topological polar surface area (TPSA) is 68.0 Å². The van der Waals surface area contributed by atoms with Crippen LogP contribution in [0.3, 0.4) is 0 Å². The predicted octanol–water partition coefficient (Wildman–Crippen LogP) is 0.614. The van der Waals surface area contributed by atoms with E-state index in [0.717, 1.165) is 0 Å². The van der Waals surface area contributed by atoms with Gasteiger partial charge < -0.3 is 11.1 Å². The van der Waals surface area contributed by atoms with Crippen molar-refractivity contribution in [1.82, 2.24) is 4.98 Å². The molecule has 0 fully saturated rings. The normalized spacial score (nSPS) is 11.4. The van der Waals surface area contributed by atoms with Crippen molar-refractivity contribution >= 4 is 11.7 Å². The second kappa shape index (κ2) is 4.28. The molecule has 4 nitrogen and oxygen atoms in total. The Hall–Kier alpha value is -2.02. The molecule has 3 N–H and O–H groups in total. The molecule has 1 atom stereocenters. The van der Waals surface area contributed by atoms with Crippen molar-refractivity contribution in [2.45, 2.75) is 13.0 Å². The quantitative estimate of drug-likeness (QED) is 0.685. The van der Waals surface area contributed by atoms with Crippen LogP contribution >= 0.6 is 0 Å². The number of nitrogens with zero attached hydrogens (tertiary/aromatic N) is 1.